The van der Waals surface area contributed by atoms with Crippen molar-refractivity contribution in [2.45, 2.75) is 50.6 Å². The molecule has 172 valence electrons. The Kier molecular flexibility index (Phi) is 8.79. The summed E-state index contributed by atoms with van der Waals surface area (Å²) in [5.74, 6) is 1.32. The maximum absolute atomic E-state index is 13.6. The van der Waals surface area contributed by atoms with Crippen LogP contribution in [0.2, 0.25) is 0 Å². The van der Waals surface area contributed by atoms with Gasteiger partial charge in [-0.25, -0.2) is 0 Å². The maximum Gasteiger partial charge on any atom is 0.255 e. The SMILES string of the molecule is CCCCCC1SCC(C(=O)NCc2cccnc2)N1C(=O)c1cc(OC)cc(OC)c1. The second-order valence-electron chi connectivity index (χ2n) is 7.69. The van der Waals surface area contributed by atoms with Crippen molar-refractivity contribution in [2.24, 2.45) is 0 Å². The molecule has 32 heavy (non-hydrogen) atoms. The molecule has 0 saturated carbocycles. The van der Waals surface area contributed by atoms with Crippen molar-refractivity contribution in [3.63, 3.8) is 0 Å². The molecule has 1 aliphatic heterocycles. The molecule has 1 aliphatic rings. The zero-order valence-corrected chi connectivity index (χ0v) is 19.7. The van der Waals surface area contributed by atoms with Gasteiger partial charge in [0.05, 0.1) is 19.6 Å². The Morgan fingerprint density at radius 1 is 1.19 bits per heavy atom. The monoisotopic (exact) mass is 457 g/mol. The lowest BCUT2D eigenvalue weighted by molar-refractivity contribution is -0.125. The molecule has 1 aromatic heterocycles. The van der Waals surface area contributed by atoms with Gasteiger partial charge in [0.2, 0.25) is 5.91 Å². The standard InChI is InChI=1S/C24H31N3O4S/c1-4-5-6-9-22-27(24(29)18-11-19(30-2)13-20(12-18)31-3)21(16-32-22)23(28)26-15-17-8-7-10-25-14-17/h7-8,10-14,21-22H,4-6,9,15-16H2,1-3H3,(H,26,28). The highest BCUT2D eigenvalue weighted by molar-refractivity contribution is 8.00. The molecule has 1 aromatic carbocycles. The Labute approximate surface area is 193 Å². The molecule has 0 spiro atoms. The number of carbonyl (C=O) groups excluding carboxylic acids is 2. The highest BCUT2D eigenvalue weighted by Gasteiger charge is 2.41. The predicted molar refractivity (Wildman–Crippen MR) is 126 cm³/mol. The number of rotatable bonds is 10. The fraction of sp³-hybridized carbons (Fsp3) is 0.458. The minimum absolute atomic E-state index is 0.0413. The number of benzene rings is 1. The summed E-state index contributed by atoms with van der Waals surface area (Å²) in [6.07, 6.45) is 7.50. The van der Waals surface area contributed by atoms with Crippen LogP contribution in [0.3, 0.4) is 0 Å². The molecule has 2 atom stereocenters. The van der Waals surface area contributed by atoms with Gasteiger partial charge in [-0.15, -0.1) is 11.8 Å². The fourth-order valence-corrected chi connectivity index (χ4v) is 5.17. The summed E-state index contributed by atoms with van der Waals surface area (Å²) in [4.78, 5) is 32.6. The van der Waals surface area contributed by atoms with E-state index in [1.807, 2.05) is 12.1 Å². The van der Waals surface area contributed by atoms with E-state index in [9.17, 15) is 9.59 Å². The van der Waals surface area contributed by atoms with Crippen molar-refractivity contribution in [2.75, 3.05) is 20.0 Å². The van der Waals surface area contributed by atoms with Crippen LogP contribution in [0.25, 0.3) is 0 Å². The predicted octanol–water partition coefficient (Wildman–Crippen LogP) is 3.88. The first-order valence-electron chi connectivity index (χ1n) is 10.9. The summed E-state index contributed by atoms with van der Waals surface area (Å²) >= 11 is 1.67. The number of aromatic nitrogens is 1. The third-order valence-electron chi connectivity index (χ3n) is 5.47. The first kappa shape index (κ1) is 23.9. The molecule has 1 N–H and O–H groups in total. The lowest BCUT2D eigenvalue weighted by Crippen LogP contribution is -2.49. The zero-order chi connectivity index (χ0) is 22.9. The minimum Gasteiger partial charge on any atom is -0.497 e. The normalized spacial score (nSPS) is 17.8. The third-order valence-corrected chi connectivity index (χ3v) is 6.83. The van der Waals surface area contributed by atoms with Gasteiger partial charge in [0, 0.05) is 36.3 Å². The third kappa shape index (κ3) is 5.94. The van der Waals surface area contributed by atoms with Crippen LogP contribution in [0, 0.1) is 0 Å². The minimum atomic E-state index is -0.534. The lowest BCUT2D eigenvalue weighted by Gasteiger charge is -2.29. The molecular formula is C24H31N3O4S. The number of thioether (sulfide) groups is 1. The summed E-state index contributed by atoms with van der Waals surface area (Å²) in [6.45, 7) is 2.53. The number of pyridine rings is 1. The van der Waals surface area contributed by atoms with E-state index in [2.05, 4.69) is 17.2 Å². The first-order chi connectivity index (χ1) is 15.6. The van der Waals surface area contributed by atoms with Gasteiger partial charge < -0.3 is 19.7 Å². The number of amides is 2. The van der Waals surface area contributed by atoms with E-state index in [1.54, 1.807) is 61.5 Å². The molecule has 8 heteroatoms. The number of carbonyl (C=O) groups is 2. The second-order valence-corrected chi connectivity index (χ2v) is 8.90. The molecule has 0 aliphatic carbocycles. The van der Waals surface area contributed by atoms with Crippen molar-refractivity contribution in [3.05, 3.63) is 53.9 Å². The van der Waals surface area contributed by atoms with Crippen LogP contribution in [0.5, 0.6) is 11.5 Å². The van der Waals surface area contributed by atoms with E-state index in [4.69, 9.17) is 9.47 Å². The van der Waals surface area contributed by atoms with Crippen LogP contribution in [0.4, 0.5) is 0 Å². The molecule has 1 saturated heterocycles. The van der Waals surface area contributed by atoms with Gasteiger partial charge in [0.15, 0.2) is 0 Å². The number of hydrogen-bond acceptors (Lipinski definition) is 6. The molecule has 2 heterocycles. The van der Waals surface area contributed by atoms with Crippen molar-refractivity contribution in [1.82, 2.24) is 15.2 Å². The topological polar surface area (TPSA) is 80.8 Å². The van der Waals surface area contributed by atoms with E-state index in [-0.39, 0.29) is 17.2 Å². The van der Waals surface area contributed by atoms with Crippen LogP contribution in [-0.2, 0) is 11.3 Å². The molecule has 0 radical (unpaired) electrons. The molecular weight excluding hydrogens is 426 g/mol. The summed E-state index contributed by atoms with van der Waals surface area (Å²) < 4.78 is 10.7. The molecule has 3 rings (SSSR count). The van der Waals surface area contributed by atoms with Gasteiger partial charge in [-0.05, 0) is 30.2 Å². The van der Waals surface area contributed by atoms with Gasteiger partial charge in [-0.3, -0.25) is 14.6 Å². The Morgan fingerprint density at radius 3 is 2.56 bits per heavy atom. The van der Waals surface area contributed by atoms with E-state index in [0.717, 1.165) is 31.2 Å². The smallest absolute Gasteiger partial charge is 0.255 e. The molecule has 2 unspecified atom stereocenters. The quantitative estimate of drug-likeness (QED) is 0.546. The number of ether oxygens (including phenoxy) is 2. The lowest BCUT2D eigenvalue weighted by atomic mass is 10.1. The second kappa shape index (κ2) is 11.8. The van der Waals surface area contributed by atoms with E-state index in [1.165, 1.54) is 0 Å². The number of hydrogen-bond donors (Lipinski definition) is 1. The number of methoxy groups -OCH3 is 2. The van der Waals surface area contributed by atoms with Gasteiger partial charge in [0.25, 0.3) is 5.91 Å². The molecule has 0 bridgehead atoms. The van der Waals surface area contributed by atoms with Crippen LogP contribution in [0.15, 0.2) is 42.7 Å². The van der Waals surface area contributed by atoms with Crippen LogP contribution in [-0.4, -0.2) is 53.1 Å². The largest absolute Gasteiger partial charge is 0.497 e. The molecule has 7 nitrogen and oxygen atoms in total. The number of nitrogens with one attached hydrogen (secondary N) is 1. The highest BCUT2D eigenvalue weighted by Crippen LogP contribution is 2.35. The summed E-state index contributed by atoms with van der Waals surface area (Å²) in [7, 11) is 3.11. The average molecular weight is 458 g/mol. The number of nitrogens with zero attached hydrogens (tertiary/aromatic N) is 2. The van der Waals surface area contributed by atoms with Gasteiger partial charge in [0.1, 0.15) is 17.5 Å². The van der Waals surface area contributed by atoms with Crippen LogP contribution < -0.4 is 14.8 Å². The summed E-state index contributed by atoms with van der Waals surface area (Å²) in [5.41, 5.74) is 1.37. The first-order valence-corrected chi connectivity index (χ1v) is 12.0. The molecule has 2 amide bonds. The van der Waals surface area contributed by atoms with Crippen molar-refractivity contribution in [3.8, 4) is 11.5 Å². The van der Waals surface area contributed by atoms with Crippen molar-refractivity contribution in [1.29, 1.82) is 0 Å². The molecule has 2 aromatic rings. The molecule has 1 fully saturated rings. The van der Waals surface area contributed by atoms with E-state index in [0.29, 0.717) is 29.4 Å². The Bertz CT molecular complexity index is 887. The van der Waals surface area contributed by atoms with Gasteiger partial charge >= 0.3 is 0 Å². The highest BCUT2D eigenvalue weighted by atomic mass is 32.2. The van der Waals surface area contributed by atoms with Crippen LogP contribution >= 0.6 is 11.8 Å². The number of unbranched alkanes of at least 4 members (excludes halogenated alkanes) is 2. The average Bonchev–Trinajstić information content (AvgIpc) is 3.26. The Hall–Kier alpha value is -2.74. The van der Waals surface area contributed by atoms with Crippen molar-refractivity contribution >= 4 is 23.6 Å². The Morgan fingerprint density at radius 2 is 1.94 bits per heavy atom. The van der Waals surface area contributed by atoms with E-state index >= 15 is 0 Å². The Balaban J connectivity index is 1.81. The van der Waals surface area contributed by atoms with Gasteiger partial charge in [-0.2, -0.15) is 0 Å². The fourth-order valence-electron chi connectivity index (χ4n) is 3.72. The van der Waals surface area contributed by atoms with Gasteiger partial charge in [-0.1, -0.05) is 32.3 Å². The summed E-state index contributed by atoms with van der Waals surface area (Å²) in [5, 5.41) is 2.93. The summed E-state index contributed by atoms with van der Waals surface area (Å²) in [6, 6.07) is 8.33. The maximum atomic E-state index is 13.6. The van der Waals surface area contributed by atoms with Crippen LogP contribution in [0.1, 0.15) is 48.5 Å². The van der Waals surface area contributed by atoms with Crippen molar-refractivity contribution < 1.29 is 19.1 Å². The zero-order valence-electron chi connectivity index (χ0n) is 18.9. The van der Waals surface area contributed by atoms with E-state index < -0.39 is 6.04 Å².